The highest BCUT2D eigenvalue weighted by atomic mass is 16.2. The maximum Gasteiger partial charge on any atom is 0.223 e. The lowest BCUT2D eigenvalue weighted by Crippen LogP contribution is -2.26. The molecule has 6 heteroatoms. The van der Waals surface area contributed by atoms with Crippen molar-refractivity contribution in [2.75, 3.05) is 26.0 Å². The molecule has 2 aromatic rings. The number of anilines is 1. The van der Waals surface area contributed by atoms with Crippen LogP contribution in [0.4, 0.5) is 5.69 Å². The molecule has 0 aliphatic carbocycles. The van der Waals surface area contributed by atoms with Gasteiger partial charge in [0.2, 0.25) is 5.91 Å². The summed E-state index contributed by atoms with van der Waals surface area (Å²) in [6.07, 6.45) is 2.68. The smallest absolute Gasteiger partial charge is 0.223 e. The molecule has 21 heavy (non-hydrogen) atoms. The molecule has 1 aromatic carbocycles. The number of aromatic nitrogens is 3. The van der Waals surface area contributed by atoms with Crippen LogP contribution >= 0.6 is 0 Å². The molecule has 0 fully saturated rings. The minimum Gasteiger partial charge on any atom is -0.378 e. The molecule has 0 saturated carbocycles. The zero-order chi connectivity index (χ0) is 15.2. The van der Waals surface area contributed by atoms with Crippen LogP contribution < -0.4 is 4.90 Å². The van der Waals surface area contributed by atoms with Crippen molar-refractivity contribution >= 4 is 11.6 Å². The number of benzene rings is 1. The summed E-state index contributed by atoms with van der Waals surface area (Å²) in [5.41, 5.74) is 2.33. The number of H-pyrrole nitrogens is 1. The summed E-state index contributed by atoms with van der Waals surface area (Å²) in [6, 6.07) is 8.27. The van der Waals surface area contributed by atoms with Gasteiger partial charge < -0.3 is 9.80 Å². The number of carbonyl (C=O) groups is 1. The first-order valence-electron chi connectivity index (χ1n) is 6.90. The lowest BCUT2D eigenvalue weighted by molar-refractivity contribution is -0.130. The highest BCUT2D eigenvalue weighted by Gasteiger charge is 2.10. The topological polar surface area (TPSA) is 65.1 Å². The van der Waals surface area contributed by atoms with Gasteiger partial charge in [-0.3, -0.25) is 9.89 Å². The second-order valence-electron chi connectivity index (χ2n) is 5.24. The zero-order valence-corrected chi connectivity index (χ0v) is 12.7. The molecule has 0 atom stereocenters. The third kappa shape index (κ3) is 4.30. The number of aryl methyl sites for hydroxylation is 1. The number of nitrogens with one attached hydrogen (secondary N) is 1. The van der Waals surface area contributed by atoms with Crippen LogP contribution in [0.5, 0.6) is 0 Å². The molecule has 1 heterocycles. The molecule has 0 spiro atoms. The number of aromatic amines is 1. The Kier molecular flexibility index (Phi) is 4.92. The van der Waals surface area contributed by atoms with Crippen LogP contribution in [-0.4, -0.2) is 47.1 Å². The van der Waals surface area contributed by atoms with E-state index in [4.69, 9.17) is 0 Å². The van der Waals surface area contributed by atoms with E-state index in [1.165, 1.54) is 11.9 Å². The van der Waals surface area contributed by atoms with Gasteiger partial charge in [0.15, 0.2) is 0 Å². The molecule has 0 aliphatic heterocycles. The maximum absolute atomic E-state index is 12.1. The van der Waals surface area contributed by atoms with E-state index in [2.05, 4.69) is 44.3 Å². The van der Waals surface area contributed by atoms with Crippen LogP contribution in [-0.2, 0) is 17.8 Å². The lowest BCUT2D eigenvalue weighted by atomic mass is 10.1. The van der Waals surface area contributed by atoms with Crippen LogP contribution in [0.2, 0.25) is 0 Å². The molecule has 0 bridgehead atoms. The Morgan fingerprint density at radius 1 is 1.19 bits per heavy atom. The second-order valence-corrected chi connectivity index (χ2v) is 5.24. The van der Waals surface area contributed by atoms with Gasteiger partial charge in [0.1, 0.15) is 12.2 Å². The van der Waals surface area contributed by atoms with Crippen molar-refractivity contribution in [1.29, 1.82) is 0 Å². The van der Waals surface area contributed by atoms with Crippen LogP contribution in [0.1, 0.15) is 17.8 Å². The Morgan fingerprint density at radius 3 is 2.48 bits per heavy atom. The van der Waals surface area contributed by atoms with Crippen molar-refractivity contribution in [1.82, 2.24) is 20.1 Å². The molecule has 1 N–H and O–H groups in total. The van der Waals surface area contributed by atoms with E-state index in [9.17, 15) is 4.79 Å². The summed E-state index contributed by atoms with van der Waals surface area (Å²) < 4.78 is 0. The van der Waals surface area contributed by atoms with E-state index in [0.29, 0.717) is 18.8 Å². The van der Waals surface area contributed by atoms with Crippen molar-refractivity contribution in [3.8, 4) is 0 Å². The fourth-order valence-corrected chi connectivity index (χ4v) is 2.02. The van der Waals surface area contributed by atoms with E-state index < -0.39 is 0 Å². The molecule has 112 valence electrons. The predicted molar refractivity (Wildman–Crippen MR) is 81.9 cm³/mol. The number of nitrogens with zero attached hydrogens (tertiary/aromatic N) is 4. The Bertz CT molecular complexity index is 562. The average Bonchev–Trinajstić information content (AvgIpc) is 2.98. The Hall–Kier alpha value is -2.37. The zero-order valence-electron chi connectivity index (χ0n) is 12.7. The number of hydrogen-bond donors (Lipinski definition) is 1. The van der Waals surface area contributed by atoms with Crippen LogP contribution in [0.15, 0.2) is 30.6 Å². The minimum absolute atomic E-state index is 0.100. The van der Waals surface area contributed by atoms with Gasteiger partial charge in [0, 0.05) is 33.3 Å². The molecule has 1 amide bonds. The fraction of sp³-hybridized carbons (Fsp3) is 0.400. The van der Waals surface area contributed by atoms with Gasteiger partial charge in [0.05, 0.1) is 6.54 Å². The first-order chi connectivity index (χ1) is 10.1. The molecule has 0 radical (unpaired) electrons. The highest BCUT2D eigenvalue weighted by molar-refractivity contribution is 5.76. The maximum atomic E-state index is 12.1. The van der Waals surface area contributed by atoms with E-state index in [1.54, 1.807) is 11.9 Å². The monoisotopic (exact) mass is 287 g/mol. The van der Waals surface area contributed by atoms with E-state index in [-0.39, 0.29) is 5.91 Å². The molecular formula is C15H21N5O. The number of hydrogen-bond acceptors (Lipinski definition) is 4. The number of amides is 1. The molecule has 0 aliphatic rings. The summed E-state index contributed by atoms with van der Waals surface area (Å²) in [5, 5.41) is 6.53. The fourth-order valence-electron chi connectivity index (χ4n) is 2.02. The lowest BCUT2D eigenvalue weighted by Gasteiger charge is -2.16. The first-order valence-corrected chi connectivity index (χ1v) is 6.90. The molecule has 6 nitrogen and oxygen atoms in total. The van der Waals surface area contributed by atoms with Gasteiger partial charge in [-0.1, -0.05) is 12.1 Å². The average molecular weight is 287 g/mol. The van der Waals surface area contributed by atoms with Crippen molar-refractivity contribution < 1.29 is 4.79 Å². The van der Waals surface area contributed by atoms with Crippen molar-refractivity contribution in [3.05, 3.63) is 42.0 Å². The molecule has 1 aromatic heterocycles. The Labute approximate surface area is 124 Å². The van der Waals surface area contributed by atoms with Gasteiger partial charge in [-0.2, -0.15) is 5.10 Å². The van der Waals surface area contributed by atoms with E-state index in [0.717, 1.165) is 12.1 Å². The van der Waals surface area contributed by atoms with Gasteiger partial charge in [0.25, 0.3) is 0 Å². The van der Waals surface area contributed by atoms with Gasteiger partial charge in [-0.05, 0) is 24.1 Å². The summed E-state index contributed by atoms with van der Waals surface area (Å²) in [6.45, 7) is 0.457. The van der Waals surface area contributed by atoms with Crippen molar-refractivity contribution in [3.63, 3.8) is 0 Å². The largest absolute Gasteiger partial charge is 0.378 e. The second kappa shape index (κ2) is 6.88. The number of rotatable bonds is 6. The van der Waals surface area contributed by atoms with Crippen LogP contribution in [0, 0.1) is 0 Å². The summed E-state index contributed by atoms with van der Waals surface area (Å²) in [4.78, 5) is 19.8. The molecular weight excluding hydrogens is 266 g/mol. The van der Waals surface area contributed by atoms with Crippen molar-refractivity contribution in [2.24, 2.45) is 0 Å². The van der Waals surface area contributed by atoms with Gasteiger partial charge in [-0.15, -0.1) is 0 Å². The standard InChI is InChI=1S/C15H21N5O/c1-19(2)13-7-4-12(5-8-13)6-9-15(21)20(3)10-14-16-11-17-18-14/h4-5,7-8,11H,6,9-10H2,1-3H3,(H,16,17,18). The van der Waals surface area contributed by atoms with E-state index >= 15 is 0 Å². The van der Waals surface area contributed by atoms with E-state index in [1.807, 2.05) is 14.1 Å². The van der Waals surface area contributed by atoms with Gasteiger partial charge in [-0.25, -0.2) is 4.98 Å². The molecule has 0 unspecified atom stereocenters. The minimum atomic E-state index is 0.100. The van der Waals surface area contributed by atoms with Crippen molar-refractivity contribution in [2.45, 2.75) is 19.4 Å². The molecule has 2 rings (SSSR count). The third-order valence-electron chi connectivity index (χ3n) is 3.36. The molecule has 0 saturated heterocycles. The number of carbonyl (C=O) groups excluding carboxylic acids is 1. The van der Waals surface area contributed by atoms with Crippen LogP contribution in [0.25, 0.3) is 0 Å². The van der Waals surface area contributed by atoms with Crippen LogP contribution in [0.3, 0.4) is 0 Å². The summed E-state index contributed by atoms with van der Waals surface area (Å²) in [7, 11) is 5.80. The predicted octanol–water partition coefficient (Wildman–Crippen LogP) is 1.46. The SMILES string of the molecule is CN(Cc1ncn[nH]1)C(=O)CCc1ccc(N(C)C)cc1. The first kappa shape index (κ1) is 15.0. The normalized spacial score (nSPS) is 10.4. The Balaban J connectivity index is 1.83. The quantitative estimate of drug-likeness (QED) is 0.873. The summed E-state index contributed by atoms with van der Waals surface area (Å²) >= 11 is 0. The summed E-state index contributed by atoms with van der Waals surface area (Å²) in [5.74, 6) is 0.796. The Morgan fingerprint density at radius 2 is 1.90 bits per heavy atom. The van der Waals surface area contributed by atoms with Gasteiger partial charge >= 0.3 is 0 Å². The highest BCUT2D eigenvalue weighted by Crippen LogP contribution is 2.13. The third-order valence-corrected chi connectivity index (χ3v) is 3.36.